The van der Waals surface area contributed by atoms with E-state index in [4.69, 9.17) is 20.8 Å². The molecule has 0 atom stereocenters. The van der Waals surface area contributed by atoms with Crippen LogP contribution in [0.25, 0.3) is 10.9 Å². The number of halogens is 2. The van der Waals surface area contributed by atoms with E-state index < -0.39 is 14.1 Å². The number of hydrogen-bond donors (Lipinski definition) is 2. The number of anilines is 2. The highest BCUT2D eigenvalue weighted by molar-refractivity contribution is 7.00. The zero-order valence-electron chi connectivity index (χ0n) is 22.6. The van der Waals surface area contributed by atoms with Crippen molar-refractivity contribution in [2.75, 3.05) is 12.4 Å². The second-order valence-electron chi connectivity index (χ2n) is 10.4. The summed E-state index contributed by atoms with van der Waals surface area (Å²) >= 11 is 6.65. The first kappa shape index (κ1) is 27.4. The van der Waals surface area contributed by atoms with E-state index in [0.29, 0.717) is 22.5 Å². The van der Waals surface area contributed by atoms with Crippen LogP contribution in [-0.4, -0.2) is 30.5 Å². The van der Waals surface area contributed by atoms with Crippen molar-refractivity contribution in [2.24, 2.45) is 0 Å². The molecule has 0 saturated carbocycles. The predicted octanol–water partition coefficient (Wildman–Crippen LogP) is 6.82. The number of nitrogens with zero attached hydrogens (tertiary/aromatic N) is 2. The minimum Gasteiger partial charge on any atom is -0.533 e. The summed E-state index contributed by atoms with van der Waals surface area (Å²) in [6.07, 6.45) is 1.34. The third kappa shape index (κ3) is 4.96. The summed E-state index contributed by atoms with van der Waals surface area (Å²) in [7, 11) is -1.57. The van der Waals surface area contributed by atoms with Crippen molar-refractivity contribution in [1.29, 1.82) is 0 Å². The van der Waals surface area contributed by atoms with Crippen molar-refractivity contribution in [2.45, 2.75) is 25.8 Å². The Labute approximate surface area is 238 Å². The summed E-state index contributed by atoms with van der Waals surface area (Å²) < 4.78 is 27.6. The molecule has 5 rings (SSSR count). The molecule has 0 spiro atoms. The standard InChI is InChI=1S/C31H29ClFN3O3Si/c1-31(2,3)40(20-11-7-5-8-12-20,21-13-9-6-10-14-21)39-28-18-26(24(33)16-23(28)32)36-30-22-15-29(38-4)27(37)17-25(22)34-19-35-30/h5-19,37H,1-4H3,(H,34,35,36). The third-order valence-corrected chi connectivity index (χ3v) is 12.1. The maximum absolute atomic E-state index is 15.3. The molecule has 4 aromatic carbocycles. The molecule has 2 N–H and O–H groups in total. The largest absolute Gasteiger partial charge is 0.533 e. The van der Waals surface area contributed by atoms with Crippen molar-refractivity contribution in [3.63, 3.8) is 0 Å². The quantitative estimate of drug-likeness (QED) is 0.208. The summed E-state index contributed by atoms with van der Waals surface area (Å²) in [6.45, 7) is 6.48. The molecule has 0 aliphatic rings. The molecular weight excluding hydrogens is 545 g/mol. The summed E-state index contributed by atoms with van der Waals surface area (Å²) in [5.41, 5.74) is 0.596. The van der Waals surface area contributed by atoms with E-state index >= 15 is 4.39 Å². The number of aromatic nitrogens is 2. The molecular formula is C31H29ClFN3O3Si. The molecule has 6 nitrogen and oxygen atoms in total. The van der Waals surface area contributed by atoms with Gasteiger partial charge in [-0.3, -0.25) is 0 Å². The Hall–Kier alpha value is -4.14. The van der Waals surface area contributed by atoms with Crippen molar-refractivity contribution < 1.29 is 18.7 Å². The molecule has 0 bridgehead atoms. The fraction of sp³-hybridized carbons (Fsp3) is 0.161. The first-order valence-corrected chi connectivity index (χ1v) is 15.0. The van der Waals surface area contributed by atoms with Crippen LogP contribution < -0.4 is 24.9 Å². The Balaban J connectivity index is 1.64. The molecule has 0 aliphatic heterocycles. The van der Waals surface area contributed by atoms with Crippen LogP contribution in [0.4, 0.5) is 15.9 Å². The van der Waals surface area contributed by atoms with Crippen LogP contribution in [0.15, 0.2) is 91.3 Å². The first-order chi connectivity index (χ1) is 19.1. The number of rotatable bonds is 7. The van der Waals surface area contributed by atoms with Gasteiger partial charge in [0.25, 0.3) is 0 Å². The molecule has 5 aromatic rings. The van der Waals surface area contributed by atoms with E-state index in [1.807, 2.05) is 36.4 Å². The summed E-state index contributed by atoms with van der Waals surface area (Å²) in [4.78, 5) is 8.53. The number of phenols is 1. The van der Waals surface area contributed by atoms with Gasteiger partial charge in [0, 0.05) is 17.5 Å². The lowest BCUT2D eigenvalue weighted by atomic mass is 10.2. The number of phenolic OH excluding ortho intramolecular Hbond substituents is 1. The minimum atomic E-state index is -3.02. The Morgan fingerprint density at radius 2 is 1.50 bits per heavy atom. The van der Waals surface area contributed by atoms with Crippen LogP contribution >= 0.6 is 11.6 Å². The smallest absolute Gasteiger partial charge is 0.320 e. The fourth-order valence-electron chi connectivity index (χ4n) is 4.98. The zero-order chi connectivity index (χ0) is 28.5. The van der Waals surface area contributed by atoms with Crippen molar-refractivity contribution in [3.05, 3.63) is 102 Å². The Morgan fingerprint density at radius 1 is 0.875 bits per heavy atom. The molecule has 0 amide bonds. The van der Waals surface area contributed by atoms with Gasteiger partial charge in [-0.1, -0.05) is 93.0 Å². The Morgan fingerprint density at radius 3 is 2.08 bits per heavy atom. The maximum Gasteiger partial charge on any atom is 0.320 e. The van der Waals surface area contributed by atoms with Gasteiger partial charge in [0.2, 0.25) is 0 Å². The molecule has 0 radical (unpaired) electrons. The van der Waals surface area contributed by atoms with E-state index in [1.54, 1.807) is 12.1 Å². The molecule has 1 aromatic heterocycles. The van der Waals surface area contributed by atoms with Gasteiger partial charge < -0.3 is 19.6 Å². The molecule has 9 heteroatoms. The highest BCUT2D eigenvalue weighted by atomic mass is 35.5. The number of fused-ring (bicyclic) bond motifs is 1. The molecule has 0 fully saturated rings. The summed E-state index contributed by atoms with van der Waals surface area (Å²) in [5, 5.41) is 15.8. The number of hydrogen-bond acceptors (Lipinski definition) is 6. The topological polar surface area (TPSA) is 76.5 Å². The minimum absolute atomic E-state index is 0.0571. The number of ether oxygens (including phenoxy) is 1. The van der Waals surface area contributed by atoms with E-state index in [0.717, 1.165) is 10.4 Å². The van der Waals surface area contributed by atoms with E-state index in [-0.39, 0.29) is 27.2 Å². The van der Waals surface area contributed by atoms with Crippen molar-refractivity contribution >= 4 is 52.7 Å². The molecule has 0 unspecified atom stereocenters. The van der Waals surface area contributed by atoms with Crippen molar-refractivity contribution in [1.82, 2.24) is 9.97 Å². The van der Waals surface area contributed by atoms with Gasteiger partial charge in [0.1, 0.15) is 23.7 Å². The maximum atomic E-state index is 15.3. The SMILES string of the molecule is COc1cc2c(Nc3cc(O[Si](c4ccccc4)(c4ccccc4)C(C)(C)C)c(Cl)cc3F)ncnc2cc1O. The number of benzene rings is 4. The van der Waals surface area contributed by atoms with Crippen molar-refractivity contribution in [3.8, 4) is 17.2 Å². The lowest BCUT2D eigenvalue weighted by Gasteiger charge is -2.43. The third-order valence-electron chi connectivity index (χ3n) is 6.89. The van der Waals surface area contributed by atoms with Crippen LogP contribution in [-0.2, 0) is 0 Å². The van der Waals surface area contributed by atoms with Crippen LogP contribution in [0, 0.1) is 5.82 Å². The van der Waals surface area contributed by atoms with Crippen LogP contribution in [0.3, 0.4) is 0 Å². The number of aromatic hydroxyl groups is 1. The van der Waals surface area contributed by atoms with Crippen LogP contribution in [0.2, 0.25) is 10.1 Å². The molecule has 40 heavy (non-hydrogen) atoms. The average molecular weight is 574 g/mol. The van der Waals surface area contributed by atoms with Gasteiger partial charge in [-0.15, -0.1) is 0 Å². The highest BCUT2D eigenvalue weighted by Gasteiger charge is 2.52. The van der Waals surface area contributed by atoms with E-state index in [1.165, 1.54) is 25.6 Å². The average Bonchev–Trinajstić information content (AvgIpc) is 2.94. The molecule has 0 saturated heterocycles. The van der Waals surface area contributed by atoms with Gasteiger partial charge in [0.05, 0.1) is 23.3 Å². The normalized spacial score (nSPS) is 11.8. The van der Waals surface area contributed by atoms with Gasteiger partial charge in [-0.05, 0) is 27.5 Å². The number of methoxy groups -OCH3 is 1. The van der Waals surface area contributed by atoms with E-state index in [2.05, 4.69) is 60.3 Å². The van der Waals surface area contributed by atoms with Gasteiger partial charge in [-0.2, -0.15) is 0 Å². The van der Waals surface area contributed by atoms with E-state index in [9.17, 15) is 5.11 Å². The summed E-state index contributed by atoms with van der Waals surface area (Å²) in [5.74, 6) is 0.308. The second kappa shape index (κ2) is 10.8. The Kier molecular flexibility index (Phi) is 7.40. The number of nitrogens with one attached hydrogen (secondary N) is 1. The van der Waals surface area contributed by atoms with Gasteiger partial charge in [-0.25, -0.2) is 14.4 Å². The highest BCUT2D eigenvalue weighted by Crippen LogP contribution is 2.41. The fourth-order valence-corrected chi connectivity index (χ4v) is 9.66. The lowest BCUT2D eigenvalue weighted by molar-refractivity contribution is 0.374. The second-order valence-corrected chi connectivity index (χ2v) is 15.0. The predicted molar refractivity (Wildman–Crippen MR) is 161 cm³/mol. The van der Waals surface area contributed by atoms with Crippen LogP contribution in [0.1, 0.15) is 20.8 Å². The monoisotopic (exact) mass is 573 g/mol. The molecule has 204 valence electrons. The first-order valence-electron chi connectivity index (χ1n) is 12.7. The summed E-state index contributed by atoms with van der Waals surface area (Å²) in [6, 6.07) is 26.2. The molecule has 0 aliphatic carbocycles. The van der Waals surface area contributed by atoms with Crippen LogP contribution in [0.5, 0.6) is 17.2 Å². The molecule has 1 heterocycles. The van der Waals surface area contributed by atoms with Gasteiger partial charge >= 0.3 is 8.32 Å². The Bertz CT molecular complexity index is 1620. The lowest BCUT2D eigenvalue weighted by Crippen LogP contribution is -2.68. The zero-order valence-corrected chi connectivity index (χ0v) is 24.3. The van der Waals surface area contributed by atoms with Gasteiger partial charge in [0.15, 0.2) is 11.5 Å².